The van der Waals surface area contributed by atoms with E-state index in [-0.39, 0.29) is 16.9 Å². The van der Waals surface area contributed by atoms with E-state index >= 15 is 0 Å². The smallest absolute Gasteiger partial charge is 0.235 e. The second kappa shape index (κ2) is 10.2. The molecule has 0 radical (unpaired) electrons. The van der Waals surface area contributed by atoms with Crippen molar-refractivity contribution in [1.82, 2.24) is 0 Å². The fourth-order valence-electron chi connectivity index (χ4n) is 3.97. The third-order valence-electron chi connectivity index (χ3n) is 5.65. The zero-order valence-electron chi connectivity index (χ0n) is 20.1. The van der Waals surface area contributed by atoms with Gasteiger partial charge in [-0.3, -0.25) is 4.79 Å². The van der Waals surface area contributed by atoms with Crippen LogP contribution in [0.15, 0.2) is 51.7 Å². The summed E-state index contributed by atoms with van der Waals surface area (Å²) in [6.45, 7) is 7.25. The van der Waals surface area contributed by atoms with Crippen LogP contribution in [0.4, 0.5) is 5.69 Å². The van der Waals surface area contributed by atoms with Crippen molar-refractivity contribution in [1.29, 1.82) is 0 Å². The van der Waals surface area contributed by atoms with Crippen molar-refractivity contribution >= 4 is 16.7 Å². The third kappa shape index (κ3) is 5.71. The predicted octanol–water partition coefficient (Wildman–Crippen LogP) is 5.78. The Balaban J connectivity index is 1.94. The number of hydrogen-bond acceptors (Lipinski definition) is 4. The number of anilines is 1. The van der Waals surface area contributed by atoms with E-state index in [1.165, 1.54) is 0 Å². The molecular weight excluding hydrogens is 400 g/mol. The summed E-state index contributed by atoms with van der Waals surface area (Å²) in [6.07, 6.45) is 4.63. The first-order valence-electron chi connectivity index (χ1n) is 11.7. The fourth-order valence-corrected chi connectivity index (χ4v) is 3.97. The van der Waals surface area contributed by atoms with Crippen molar-refractivity contribution in [3.63, 3.8) is 0 Å². The number of unbranched alkanes of at least 4 members (excludes halogenated alkanes) is 2. The standard InChI is InChI=1S/C27H36N2O3/c1-6-8-16-28(17-9-7-2)22-13-11-21(12-14-22)27-26(31)25(30)23-18-20(19-29(3,4)5)10-15-24(23)32-27/h10-15,18H,6-9,16-17,19H2,1-5H3/p+1. The lowest BCUT2D eigenvalue weighted by Gasteiger charge is -2.25. The number of nitrogens with zero attached hydrogens (tertiary/aromatic N) is 2. The molecule has 172 valence electrons. The van der Waals surface area contributed by atoms with Crippen LogP contribution in [0.25, 0.3) is 22.3 Å². The van der Waals surface area contributed by atoms with Crippen LogP contribution in [-0.2, 0) is 6.54 Å². The van der Waals surface area contributed by atoms with Gasteiger partial charge < -0.3 is 18.9 Å². The molecule has 0 amide bonds. The zero-order valence-corrected chi connectivity index (χ0v) is 20.1. The van der Waals surface area contributed by atoms with Crippen LogP contribution in [0.3, 0.4) is 0 Å². The number of hydrogen-bond donors (Lipinski definition) is 1. The summed E-state index contributed by atoms with van der Waals surface area (Å²) in [5.41, 5.74) is 2.99. The Hall–Kier alpha value is -2.79. The maximum absolute atomic E-state index is 12.9. The van der Waals surface area contributed by atoms with Gasteiger partial charge in [0.05, 0.1) is 26.5 Å². The minimum atomic E-state index is -0.388. The highest BCUT2D eigenvalue weighted by atomic mass is 16.4. The molecule has 1 heterocycles. The highest BCUT2D eigenvalue weighted by Crippen LogP contribution is 2.32. The largest absolute Gasteiger partial charge is 0.502 e. The van der Waals surface area contributed by atoms with Gasteiger partial charge in [0, 0.05) is 29.9 Å². The van der Waals surface area contributed by atoms with Gasteiger partial charge in [0.2, 0.25) is 11.2 Å². The van der Waals surface area contributed by atoms with Crippen LogP contribution in [0.5, 0.6) is 5.75 Å². The molecular formula is C27H37N2O3+. The average molecular weight is 438 g/mol. The van der Waals surface area contributed by atoms with E-state index in [2.05, 4.69) is 52.0 Å². The molecule has 0 unspecified atom stereocenters. The van der Waals surface area contributed by atoms with Gasteiger partial charge in [-0.15, -0.1) is 0 Å². The molecule has 0 fully saturated rings. The molecule has 3 rings (SSSR count). The molecule has 1 N–H and O–H groups in total. The molecule has 0 saturated carbocycles. The van der Waals surface area contributed by atoms with E-state index in [1.807, 2.05) is 30.3 Å². The Morgan fingerprint density at radius 3 is 2.12 bits per heavy atom. The second-order valence-electron chi connectivity index (χ2n) is 9.63. The molecule has 5 nitrogen and oxygen atoms in total. The molecule has 2 aromatic carbocycles. The summed E-state index contributed by atoms with van der Waals surface area (Å²) in [5.74, 6) is -0.108. The second-order valence-corrected chi connectivity index (χ2v) is 9.63. The molecule has 0 saturated heterocycles. The summed E-state index contributed by atoms with van der Waals surface area (Å²) in [6, 6.07) is 13.6. The van der Waals surface area contributed by atoms with E-state index in [9.17, 15) is 9.90 Å². The van der Waals surface area contributed by atoms with Crippen molar-refractivity contribution in [3.8, 4) is 17.1 Å². The molecule has 32 heavy (non-hydrogen) atoms. The first-order valence-corrected chi connectivity index (χ1v) is 11.7. The third-order valence-corrected chi connectivity index (χ3v) is 5.65. The Bertz CT molecular complexity index is 1090. The molecule has 0 bridgehead atoms. The molecule has 3 aromatic rings. The lowest BCUT2D eigenvalue weighted by Crippen LogP contribution is -2.33. The lowest BCUT2D eigenvalue weighted by molar-refractivity contribution is -0.883. The summed E-state index contributed by atoms with van der Waals surface area (Å²) in [4.78, 5) is 15.3. The molecule has 0 aliphatic heterocycles. The van der Waals surface area contributed by atoms with Crippen LogP contribution in [0, 0.1) is 0 Å². The molecule has 1 aromatic heterocycles. The number of benzene rings is 2. The topological polar surface area (TPSA) is 53.7 Å². The molecule has 0 spiro atoms. The quantitative estimate of drug-likeness (QED) is 0.409. The van der Waals surface area contributed by atoms with Gasteiger partial charge in [-0.1, -0.05) is 26.7 Å². The van der Waals surface area contributed by atoms with Gasteiger partial charge in [-0.05, 0) is 55.3 Å². The Morgan fingerprint density at radius 2 is 1.56 bits per heavy atom. The lowest BCUT2D eigenvalue weighted by atomic mass is 10.1. The zero-order chi connectivity index (χ0) is 23.3. The van der Waals surface area contributed by atoms with E-state index in [4.69, 9.17) is 4.42 Å². The van der Waals surface area contributed by atoms with E-state index in [0.29, 0.717) is 16.5 Å². The van der Waals surface area contributed by atoms with Gasteiger partial charge in [-0.25, -0.2) is 0 Å². The fraction of sp³-hybridized carbons (Fsp3) is 0.444. The van der Waals surface area contributed by atoms with Gasteiger partial charge in [0.1, 0.15) is 12.1 Å². The van der Waals surface area contributed by atoms with Crippen LogP contribution in [0.2, 0.25) is 0 Å². The Labute approximate surface area is 191 Å². The maximum atomic E-state index is 12.9. The van der Waals surface area contributed by atoms with Crippen molar-refractivity contribution in [2.45, 2.75) is 46.1 Å². The van der Waals surface area contributed by atoms with Crippen LogP contribution < -0.4 is 10.3 Å². The molecule has 5 heteroatoms. The first kappa shape index (κ1) is 23.9. The number of rotatable bonds is 10. The van der Waals surface area contributed by atoms with Gasteiger partial charge in [0.15, 0.2) is 5.76 Å². The average Bonchev–Trinajstić information content (AvgIpc) is 2.76. The van der Waals surface area contributed by atoms with Gasteiger partial charge in [-0.2, -0.15) is 0 Å². The number of aromatic hydroxyl groups is 1. The minimum absolute atomic E-state index is 0.224. The Morgan fingerprint density at radius 1 is 0.938 bits per heavy atom. The summed E-state index contributed by atoms with van der Waals surface area (Å²) >= 11 is 0. The van der Waals surface area contributed by atoms with Crippen molar-refractivity contribution < 1.29 is 14.0 Å². The van der Waals surface area contributed by atoms with Crippen LogP contribution >= 0.6 is 0 Å². The highest BCUT2D eigenvalue weighted by Gasteiger charge is 2.17. The van der Waals surface area contributed by atoms with E-state index < -0.39 is 0 Å². The highest BCUT2D eigenvalue weighted by molar-refractivity contribution is 5.82. The predicted molar refractivity (Wildman–Crippen MR) is 133 cm³/mol. The van der Waals surface area contributed by atoms with Crippen molar-refractivity contribution in [2.24, 2.45) is 0 Å². The normalized spacial score (nSPS) is 11.8. The number of quaternary nitrogens is 1. The summed E-state index contributed by atoms with van der Waals surface area (Å²) in [5, 5.41) is 11.1. The van der Waals surface area contributed by atoms with E-state index in [1.54, 1.807) is 0 Å². The SMILES string of the molecule is CCCCN(CCCC)c1ccc(-c2oc3ccc(C[N+](C)(C)C)cc3c(=O)c2O)cc1. The monoisotopic (exact) mass is 437 g/mol. The van der Waals surface area contributed by atoms with Crippen molar-refractivity contribution in [3.05, 3.63) is 58.3 Å². The molecule has 0 atom stereocenters. The van der Waals surface area contributed by atoms with Gasteiger partial charge >= 0.3 is 0 Å². The molecule has 0 aliphatic carbocycles. The van der Waals surface area contributed by atoms with Crippen molar-refractivity contribution in [2.75, 3.05) is 39.1 Å². The number of fused-ring (bicyclic) bond motifs is 1. The van der Waals surface area contributed by atoms with Crippen LogP contribution in [0.1, 0.15) is 45.1 Å². The first-order chi connectivity index (χ1) is 15.2. The molecule has 0 aliphatic rings. The summed E-state index contributed by atoms with van der Waals surface area (Å²) < 4.78 is 6.76. The summed E-state index contributed by atoms with van der Waals surface area (Å²) in [7, 11) is 6.30. The van der Waals surface area contributed by atoms with Crippen LogP contribution in [-0.4, -0.2) is 43.8 Å². The Kier molecular flexibility index (Phi) is 7.62. The maximum Gasteiger partial charge on any atom is 0.235 e. The minimum Gasteiger partial charge on any atom is -0.502 e. The van der Waals surface area contributed by atoms with Gasteiger partial charge in [0.25, 0.3) is 0 Å². The van der Waals surface area contributed by atoms with E-state index in [0.717, 1.165) is 61.1 Å².